The summed E-state index contributed by atoms with van der Waals surface area (Å²) in [5.74, 6) is 0.0834. The number of phenolic OH excluding ortho intramolecular Hbond substituents is 1. The first-order valence-corrected chi connectivity index (χ1v) is 8.50. The highest BCUT2D eigenvalue weighted by atomic mass is 16.6. The number of alkyl carbamates (subject to hydrolysis) is 1. The van der Waals surface area contributed by atoms with Crippen molar-refractivity contribution in [1.29, 1.82) is 0 Å². The molecule has 0 fully saturated rings. The zero-order valence-corrected chi connectivity index (χ0v) is 15.7. The largest absolute Gasteiger partial charge is 0.508 e. The zero-order chi connectivity index (χ0) is 19.0. The van der Waals surface area contributed by atoms with E-state index in [9.17, 15) is 14.7 Å². The normalized spacial score (nSPS) is 11.3. The maximum Gasteiger partial charge on any atom is 0.407 e. The topological polar surface area (TPSA) is 84.9 Å². The fraction of sp³-hybridized carbons (Fsp3) is 0.579. The van der Waals surface area contributed by atoms with Crippen LogP contribution in [0, 0.1) is 5.92 Å². The Balaban J connectivity index is 2.63. The first-order chi connectivity index (χ1) is 11.6. The summed E-state index contributed by atoms with van der Waals surface area (Å²) in [5, 5.41) is 12.3. The number of phenols is 1. The molecule has 0 aliphatic heterocycles. The van der Waals surface area contributed by atoms with E-state index >= 15 is 0 Å². The number of nitrogens with one attached hydrogen (secondary N) is 1. The summed E-state index contributed by atoms with van der Waals surface area (Å²) in [6, 6.07) is 4.88. The van der Waals surface area contributed by atoms with Gasteiger partial charge in [0.25, 0.3) is 0 Å². The number of benzene rings is 1. The molecule has 2 N–H and O–H groups in total. The number of hydrogen-bond donors (Lipinski definition) is 2. The molecule has 0 spiro atoms. The van der Waals surface area contributed by atoms with E-state index < -0.39 is 11.7 Å². The molecule has 1 amide bonds. The maximum atomic E-state index is 11.9. The lowest BCUT2D eigenvalue weighted by Crippen LogP contribution is -2.26. The molecule has 25 heavy (non-hydrogen) atoms. The molecule has 6 nitrogen and oxygen atoms in total. The van der Waals surface area contributed by atoms with E-state index in [0.29, 0.717) is 13.0 Å². The number of esters is 1. The Hall–Kier alpha value is -2.24. The minimum absolute atomic E-state index is 0.105. The van der Waals surface area contributed by atoms with Gasteiger partial charge in [-0.25, -0.2) is 4.79 Å². The van der Waals surface area contributed by atoms with Crippen LogP contribution in [0.4, 0.5) is 4.79 Å². The van der Waals surface area contributed by atoms with E-state index in [2.05, 4.69) is 5.32 Å². The number of hydrogen-bond acceptors (Lipinski definition) is 5. The van der Waals surface area contributed by atoms with Crippen LogP contribution in [0.25, 0.3) is 0 Å². The van der Waals surface area contributed by atoms with Crippen molar-refractivity contribution in [3.05, 3.63) is 29.3 Å². The summed E-state index contributed by atoms with van der Waals surface area (Å²) in [5.41, 5.74) is 1.09. The van der Waals surface area contributed by atoms with Gasteiger partial charge in [-0.2, -0.15) is 0 Å². The van der Waals surface area contributed by atoms with Gasteiger partial charge in [0.15, 0.2) is 0 Å². The first-order valence-electron chi connectivity index (χ1n) is 8.50. The van der Waals surface area contributed by atoms with Crippen molar-refractivity contribution in [2.24, 2.45) is 5.92 Å². The number of ether oxygens (including phenoxy) is 2. The van der Waals surface area contributed by atoms with Crippen LogP contribution in [0.15, 0.2) is 18.2 Å². The summed E-state index contributed by atoms with van der Waals surface area (Å²) in [4.78, 5) is 23.5. The van der Waals surface area contributed by atoms with Crippen molar-refractivity contribution in [3.63, 3.8) is 0 Å². The molecule has 0 saturated carbocycles. The SMILES string of the molecule is CC(C)COC(=O)NCc1cc(O)ccc1CCC(=O)OC(C)(C)C. The van der Waals surface area contributed by atoms with Gasteiger partial charge < -0.3 is 19.9 Å². The fourth-order valence-electron chi connectivity index (χ4n) is 2.11. The molecule has 0 saturated heterocycles. The Morgan fingerprint density at radius 3 is 2.48 bits per heavy atom. The van der Waals surface area contributed by atoms with Gasteiger partial charge in [-0.15, -0.1) is 0 Å². The number of carbonyl (C=O) groups excluding carboxylic acids is 2. The molecule has 0 aliphatic rings. The predicted molar refractivity (Wildman–Crippen MR) is 95.3 cm³/mol. The summed E-state index contributed by atoms with van der Waals surface area (Å²) in [6.07, 6.45) is 0.190. The lowest BCUT2D eigenvalue weighted by atomic mass is 10.0. The Morgan fingerprint density at radius 2 is 1.88 bits per heavy atom. The number of rotatable bonds is 7. The average Bonchev–Trinajstić information content (AvgIpc) is 2.48. The highest BCUT2D eigenvalue weighted by Gasteiger charge is 2.17. The van der Waals surface area contributed by atoms with Crippen molar-refractivity contribution in [2.75, 3.05) is 6.61 Å². The Morgan fingerprint density at radius 1 is 1.20 bits per heavy atom. The molecule has 6 heteroatoms. The van der Waals surface area contributed by atoms with Crippen molar-refractivity contribution < 1.29 is 24.2 Å². The minimum atomic E-state index is -0.517. The second-order valence-corrected chi connectivity index (χ2v) is 7.39. The number of amides is 1. The van der Waals surface area contributed by atoms with E-state index in [-0.39, 0.29) is 30.6 Å². The average molecular weight is 351 g/mol. The van der Waals surface area contributed by atoms with E-state index in [1.807, 2.05) is 34.6 Å². The summed E-state index contributed by atoms with van der Waals surface area (Å²) in [7, 11) is 0. The first kappa shape index (κ1) is 20.8. The fourth-order valence-corrected chi connectivity index (χ4v) is 2.11. The van der Waals surface area contributed by atoms with Gasteiger partial charge >= 0.3 is 12.1 Å². The van der Waals surface area contributed by atoms with Gasteiger partial charge in [0, 0.05) is 13.0 Å². The van der Waals surface area contributed by atoms with Crippen LogP contribution in [0.3, 0.4) is 0 Å². The Labute approximate surface area is 149 Å². The predicted octanol–water partition coefficient (Wildman–Crippen LogP) is 3.55. The molecular formula is C19H29NO5. The second kappa shape index (κ2) is 9.30. The highest BCUT2D eigenvalue weighted by molar-refractivity contribution is 5.70. The van der Waals surface area contributed by atoms with Crippen molar-refractivity contribution in [3.8, 4) is 5.75 Å². The van der Waals surface area contributed by atoms with Crippen LogP contribution in [0.1, 0.15) is 52.2 Å². The zero-order valence-electron chi connectivity index (χ0n) is 15.7. The molecule has 1 aromatic carbocycles. The third-order valence-electron chi connectivity index (χ3n) is 3.18. The molecule has 0 bridgehead atoms. The smallest absolute Gasteiger partial charge is 0.407 e. The monoisotopic (exact) mass is 351 g/mol. The molecule has 0 atom stereocenters. The number of aryl methyl sites for hydroxylation is 1. The Kier molecular flexibility index (Phi) is 7.74. The lowest BCUT2D eigenvalue weighted by molar-refractivity contribution is -0.154. The van der Waals surface area contributed by atoms with Crippen LogP contribution in [-0.2, 0) is 27.2 Å². The van der Waals surface area contributed by atoms with E-state index in [1.165, 1.54) is 0 Å². The van der Waals surface area contributed by atoms with E-state index in [0.717, 1.165) is 11.1 Å². The van der Waals surface area contributed by atoms with Crippen LogP contribution in [0.5, 0.6) is 5.75 Å². The summed E-state index contributed by atoms with van der Waals surface area (Å²) in [6.45, 7) is 9.94. The van der Waals surface area contributed by atoms with Crippen LogP contribution in [0.2, 0.25) is 0 Å². The molecule has 0 heterocycles. The van der Waals surface area contributed by atoms with Gasteiger partial charge in [-0.1, -0.05) is 19.9 Å². The van der Waals surface area contributed by atoms with Gasteiger partial charge in [0.2, 0.25) is 0 Å². The van der Waals surface area contributed by atoms with Crippen molar-refractivity contribution >= 4 is 12.1 Å². The Bertz CT molecular complexity index is 590. The van der Waals surface area contributed by atoms with Gasteiger partial charge in [-0.3, -0.25) is 4.79 Å². The molecule has 0 unspecified atom stereocenters. The molecular weight excluding hydrogens is 322 g/mol. The third-order valence-corrected chi connectivity index (χ3v) is 3.18. The van der Waals surface area contributed by atoms with Crippen molar-refractivity contribution in [2.45, 2.75) is 59.6 Å². The molecule has 0 radical (unpaired) electrons. The number of carbonyl (C=O) groups is 2. The molecule has 0 aromatic heterocycles. The van der Waals surface area contributed by atoms with Crippen LogP contribution in [-0.4, -0.2) is 29.4 Å². The van der Waals surface area contributed by atoms with E-state index in [4.69, 9.17) is 9.47 Å². The summed E-state index contributed by atoms with van der Waals surface area (Å²) >= 11 is 0. The van der Waals surface area contributed by atoms with Gasteiger partial charge in [-0.05, 0) is 56.4 Å². The van der Waals surface area contributed by atoms with Crippen molar-refractivity contribution in [1.82, 2.24) is 5.32 Å². The number of aromatic hydroxyl groups is 1. The molecule has 0 aliphatic carbocycles. The standard InChI is InChI=1S/C19H29NO5/c1-13(2)12-24-18(23)20-11-15-10-16(21)8-6-14(15)7-9-17(22)25-19(3,4)5/h6,8,10,13,21H,7,9,11-12H2,1-5H3,(H,20,23). The van der Waals surface area contributed by atoms with Gasteiger partial charge in [0.05, 0.1) is 6.61 Å². The quantitative estimate of drug-likeness (QED) is 0.734. The maximum absolute atomic E-state index is 11.9. The minimum Gasteiger partial charge on any atom is -0.508 e. The summed E-state index contributed by atoms with van der Waals surface area (Å²) < 4.78 is 10.4. The molecule has 140 valence electrons. The van der Waals surface area contributed by atoms with Gasteiger partial charge in [0.1, 0.15) is 11.4 Å². The highest BCUT2D eigenvalue weighted by Crippen LogP contribution is 2.19. The lowest BCUT2D eigenvalue weighted by Gasteiger charge is -2.19. The second-order valence-electron chi connectivity index (χ2n) is 7.39. The van der Waals surface area contributed by atoms with Crippen LogP contribution < -0.4 is 5.32 Å². The van der Waals surface area contributed by atoms with Crippen LogP contribution >= 0.6 is 0 Å². The molecule has 1 aromatic rings. The van der Waals surface area contributed by atoms with E-state index in [1.54, 1.807) is 18.2 Å². The third kappa shape index (κ3) is 8.98. The molecule has 1 rings (SSSR count).